The number of ether oxygens (including phenoxy) is 3. The van der Waals surface area contributed by atoms with Crippen LogP contribution in [0.3, 0.4) is 0 Å². The second-order valence-corrected chi connectivity index (χ2v) is 7.98. The van der Waals surface area contributed by atoms with Crippen LogP contribution >= 0.6 is 0 Å². The molecule has 2 aromatic carbocycles. The molecule has 3 rings (SSSR count). The number of urea groups is 1. The van der Waals surface area contributed by atoms with E-state index in [1.54, 1.807) is 39.0 Å². The first-order valence-corrected chi connectivity index (χ1v) is 10.9. The number of carbonyl (C=O) groups is 3. The molecule has 0 radical (unpaired) electrons. The van der Waals surface area contributed by atoms with Crippen molar-refractivity contribution in [3.63, 3.8) is 0 Å². The summed E-state index contributed by atoms with van der Waals surface area (Å²) in [5.41, 5.74) is 2.41. The van der Waals surface area contributed by atoms with Gasteiger partial charge in [-0.1, -0.05) is 36.4 Å². The summed E-state index contributed by atoms with van der Waals surface area (Å²) in [5.74, 6) is -0.121. The van der Waals surface area contributed by atoms with Gasteiger partial charge in [-0.05, 0) is 44.0 Å². The Morgan fingerprint density at radius 1 is 1.09 bits per heavy atom. The monoisotopic (exact) mass is 467 g/mol. The third kappa shape index (κ3) is 6.28. The van der Waals surface area contributed by atoms with Crippen LogP contribution < -0.4 is 25.4 Å². The van der Waals surface area contributed by atoms with E-state index in [9.17, 15) is 14.4 Å². The lowest BCUT2D eigenvalue weighted by molar-refractivity contribution is -0.149. The molecule has 3 N–H and O–H groups in total. The van der Waals surface area contributed by atoms with Gasteiger partial charge in [-0.15, -0.1) is 0 Å². The van der Waals surface area contributed by atoms with Gasteiger partial charge in [0.05, 0.1) is 24.8 Å². The predicted molar refractivity (Wildman–Crippen MR) is 125 cm³/mol. The molecule has 1 heterocycles. The highest BCUT2D eigenvalue weighted by Crippen LogP contribution is 2.34. The number of nitrogens with one attached hydrogen (secondary N) is 3. The second-order valence-electron chi connectivity index (χ2n) is 7.98. The maximum Gasteiger partial charge on any atom is 0.344 e. The predicted octanol–water partition coefficient (Wildman–Crippen LogP) is 2.97. The largest absolute Gasteiger partial charge is 0.493 e. The van der Waals surface area contributed by atoms with Crippen molar-refractivity contribution >= 4 is 17.9 Å². The summed E-state index contributed by atoms with van der Waals surface area (Å²) in [7, 11) is 1.47. The van der Waals surface area contributed by atoms with Crippen molar-refractivity contribution in [3.8, 4) is 11.5 Å². The van der Waals surface area contributed by atoms with E-state index in [0.29, 0.717) is 34.9 Å². The van der Waals surface area contributed by atoms with Crippen molar-refractivity contribution in [1.29, 1.82) is 0 Å². The van der Waals surface area contributed by atoms with Gasteiger partial charge in [-0.2, -0.15) is 0 Å². The number of amides is 3. The van der Waals surface area contributed by atoms with Crippen molar-refractivity contribution in [2.24, 2.45) is 0 Å². The van der Waals surface area contributed by atoms with Crippen LogP contribution in [-0.2, 0) is 20.9 Å². The molecule has 1 unspecified atom stereocenters. The van der Waals surface area contributed by atoms with Crippen molar-refractivity contribution in [2.75, 3.05) is 13.7 Å². The minimum Gasteiger partial charge on any atom is -0.493 e. The van der Waals surface area contributed by atoms with E-state index in [4.69, 9.17) is 14.2 Å². The van der Waals surface area contributed by atoms with Gasteiger partial charge in [-0.3, -0.25) is 4.79 Å². The molecule has 0 aliphatic carbocycles. The summed E-state index contributed by atoms with van der Waals surface area (Å²) < 4.78 is 16.0. The van der Waals surface area contributed by atoms with Crippen LogP contribution in [0.5, 0.6) is 11.5 Å². The van der Waals surface area contributed by atoms with Crippen molar-refractivity contribution in [1.82, 2.24) is 16.0 Å². The summed E-state index contributed by atoms with van der Waals surface area (Å²) in [5, 5.41) is 8.36. The SMILES string of the molecule is COc1cc(C2NC(=O)NC(C)=C2C(=O)NCc2ccccc2)ccc1OCC(=O)OC(C)C. The smallest absolute Gasteiger partial charge is 0.344 e. The molecule has 0 spiro atoms. The fourth-order valence-corrected chi connectivity index (χ4v) is 3.53. The van der Waals surface area contributed by atoms with Crippen LogP contribution in [0.2, 0.25) is 0 Å². The van der Waals surface area contributed by atoms with E-state index in [0.717, 1.165) is 5.56 Å². The third-order valence-electron chi connectivity index (χ3n) is 5.04. The van der Waals surface area contributed by atoms with E-state index in [1.165, 1.54) is 7.11 Å². The molecular formula is C25H29N3O6. The highest BCUT2D eigenvalue weighted by molar-refractivity contribution is 5.98. The van der Waals surface area contributed by atoms with Gasteiger partial charge in [0.1, 0.15) is 0 Å². The molecule has 3 amide bonds. The van der Waals surface area contributed by atoms with Crippen LogP contribution in [0.4, 0.5) is 4.79 Å². The summed E-state index contributed by atoms with van der Waals surface area (Å²) in [6.07, 6.45) is -0.245. The van der Waals surface area contributed by atoms with Crippen LogP contribution in [0.15, 0.2) is 59.8 Å². The number of carbonyl (C=O) groups excluding carboxylic acids is 3. The first-order valence-electron chi connectivity index (χ1n) is 10.9. The first kappa shape index (κ1) is 24.6. The fraction of sp³-hybridized carbons (Fsp3) is 0.320. The lowest BCUT2D eigenvalue weighted by Crippen LogP contribution is -2.46. The first-order chi connectivity index (χ1) is 16.3. The molecule has 0 fully saturated rings. The number of rotatable bonds is 9. The maximum atomic E-state index is 13.1. The Morgan fingerprint density at radius 2 is 1.82 bits per heavy atom. The zero-order valence-corrected chi connectivity index (χ0v) is 19.6. The van der Waals surface area contributed by atoms with Gasteiger partial charge >= 0.3 is 12.0 Å². The van der Waals surface area contributed by atoms with Crippen molar-refractivity contribution < 1.29 is 28.6 Å². The average molecular weight is 468 g/mol. The lowest BCUT2D eigenvalue weighted by Gasteiger charge is -2.29. The highest BCUT2D eigenvalue weighted by atomic mass is 16.6. The molecule has 0 saturated carbocycles. The third-order valence-corrected chi connectivity index (χ3v) is 5.04. The normalized spacial score (nSPS) is 15.3. The van der Waals surface area contributed by atoms with Gasteiger partial charge in [-0.25, -0.2) is 9.59 Å². The van der Waals surface area contributed by atoms with Gasteiger partial charge < -0.3 is 30.2 Å². The Labute approximate surface area is 198 Å². The Balaban J connectivity index is 1.80. The number of esters is 1. The number of hydrogen-bond acceptors (Lipinski definition) is 6. The minimum absolute atomic E-state index is 0.245. The van der Waals surface area contributed by atoms with Crippen LogP contribution in [0, 0.1) is 0 Å². The molecule has 0 bridgehead atoms. The van der Waals surface area contributed by atoms with Gasteiger partial charge in [0, 0.05) is 12.2 Å². The lowest BCUT2D eigenvalue weighted by atomic mass is 9.94. The zero-order valence-electron chi connectivity index (χ0n) is 19.6. The van der Waals surface area contributed by atoms with Gasteiger partial charge in [0.15, 0.2) is 18.1 Å². The number of hydrogen-bond donors (Lipinski definition) is 3. The molecule has 0 aromatic heterocycles. The Morgan fingerprint density at radius 3 is 2.50 bits per heavy atom. The van der Waals surface area contributed by atoms with Crippen molar-refractivity contribution in [2.45, 2.75) is 39.5 Å². The summed E-state index contributed by atoms with van der Waals surface area (Å²) >= 11 is 0. The fourth-order valence-electron chi connectivity index (χ4n) is 3.53. The molecule has 9 nitrogen and oxygen atoms in total. The van der Waals surface area contributed by atoms with E-state index < -0.39 is 18.0 Å². The minimum atomic E-state index is -0.710. The van der Waals surface area contributed by atoms with Gasteiger partial charge in [0.25, 0.3) is 5.91 Å². The molecule has 34 heavy (non-hydrogen) atoms. The molecular weight excluding hydrogens is 438 g/mol. The summed E-state index contributed by atoms with van der Waals surface area (Å²) in [6, 6.07) is 13.4. The quantitative estimate of drug-likeness (QED) is 0.489. The van der Waals surface area contributed by atoms with Crippen LogP contribution in [-0.4, -0.2) is 37.7 Å². The van der Waals surface area contributed by atoms with Gasteiger partial charge in [0.2, 0.25) is 0 Å². The molecule has 2 aromatic rings. The number of benzene rings is 2. The molecule has 1 aliphatic heterocycles. The Bertz CT molecular complexity index is 1080. The second kappa shape index (κ2) is 11.2. The summed E-state index contributed by atoms with van der Waals surface area (Å²) in [6.45, 7) is 5.26. The maximum absolute atomic E-state index is 13.1. The molecule has 9 heteroatoms. The average Bonchev–Trinajstić information content (AvgIpc) is 2.80. The zero-order chi connectivity index (χ0) is 24.7. The molecule has 180 valence electrons. The van der Waals surface area contributed by atoms with E-state index in [2.05, 4.69) is 16.0 Å². The molecule has 1 aliphatic rings. The Kier molecular flexibility index (Phi) is 8.13. The molecule has 0 saturated heterocycles. The van der Waals surface area contributed by atoms with Crippen molar-refractivity contribution in [3.05, 3.63) is 70.9 Å². The topological polar surface area (TPSA) is 115 Å². The number of allylic oxidation sites excluding steroid dienone is 1. The van der Waals surface area contributed by atoms with E-state index >= 15 is 0 Å². The highest BCUT2D eigenvalue weighted by Gasteiger charge is 2.31. The number of methoxy groups -OCH3 is 1. The van der Waals surface area contributed by atoms with E-state index in [1.807, 2.05) is 30.3 Å². The summed E-state index contributed by atoms with van der Waals surface area (Å²) in [4.78, 5) is 37.1. The van der Waals surface area contributed by atoms with Crippen LogP contribution in [0.1, 0.15) is 37.9 Å². The van der Waals surface area contributed by atoms with E-state index in [-0.39, 0.29) is 18.6 Å². The standard InChI is InChI=1S/C25H29N3O6/c1-15(2)34-21(29)14-33-19-11-10-18(12-20(19)32-4)23-22(16(3)27-25(31)28-23)24(30)26-13-17-8-6-5-7-9-17/h5-12,15,23H,13-14H2,1-4H3,(H,26,30)(H2,27,28,31). The Hall–Kier alpha value is -4.01. The molecule has 1 atom stereocenters. The van der Waals surface area contributed by atoms with Crippen LogP contribution in [0.25, 0.3) is 0 Å².